The topological polar surface area (TPSA) is 34.2 Å². The Hall–Kier alpha value is -0.763. The third-order valence-electron chi connectivity index (χ3n) is 5.22. The molecule has 1 aliphatic heterocycles. The Balaban J connectivity index is 1.84. The summed E-state index contributed by atoms with van der Waals surface area (Å²) in [6.45, 7) is 21.1. The van der Waals surface area contributed by atoms with E-state index in [9.17, 15) is 0 Å². The highest BCUT2D eigenvalue weighted by Gasteiger charge is 2.40. The van der Waals surface area contributed by atoms with Gasteiger partial charge in [-0.05, 0) is 71.2 Å². The van der Waals surface area contributed by atoms with Crippen molar-refractivity contribution in [3.63, 3.8) is 0 Å². The maximum Gasteiger partial charge on any atom is 0.500 e. The van der Waals surface area contributed by atoms with Crippen molar-refractivity contribution < 1.29 is 13.3 Å². The van der Waals surface area contributed by atoms with Crippen LogP contribution >= 0.6 is 0 Å². The van der Waals surface area contributed by atoms with Crippen LogP contribution in [0.5, 0.6) is 0 Å². The van der Waals surface area contributed by atoms with Crippen LogP contribution in [-0.2, 0) is 19.8 Å². The van der Waals surface area contributed by atoms with Crippen LogP contribution in [-0.4, -0.2) is 58.1 Å². The summed E-state index contributed by atoms with van der Waals surface area (Å²) < 4.78 is 17.9. The first-order valence-electron chi connectivity index (χ1n) is 10.7. The Morgan fingerprint density at radius 3 is 1.93 bits per heavy atom. The SMILES string of the molecule is CCO[Si](CCCN1[CH]N(Cc2c(C)cc(C)cc2C)CC1)(OCC)OCC. The highest BCUT2D eigenvalue weighted by Crippen LogP contribution is 2.23. The van der Waals surface area contributed by atoms with Crippen LogP contribution in [0.1, 0.15) is 49.4 Å². The number of benzene rings is 1. The third-order valence-corrected chi connectivity index (χ3v) is 8.38. The van der Waals surface area contributed by atoms with E-state index in [-0.39, 0.29) is 0 Å². The fraction of sp³-hybridized carbons (Fsp3) is 0.682. The van der Waals surface area contributed by atoms with E-state index < -0.39 is 8.80 Å². The summed E-state index contributed by atoms with van der Waals surface area (Å²) in [7, 11) is -2.52. The van der Waals surface area contributed by atoms with E-state index in [0.29, 0.717) is 19.8 Å². The Morgan fingerprint density at radius 2 is 1.39 bits per heavy atom. The van der Waals surface area contributed by atoms with Gasteiger partial charge in [0.25, 0.3) is 0 Å². The lowest BCUT2D eigenvalue weighted by Crippen LogP contribution is -2.46. The van der Waals surface area contributed by atoms with Gasteiger partial charge in [-0.15, -0.1) is 0 Å². The van der Waals surface area contributed by atoms with Crippen LogP contribution in [0.25, 0.3) is 0 Å². The summed E-state index contributed by atoms with van der Waals surface area (Å²) in [5.41, 5.74) is 5.59. The average Bonchev–Trinajstić information content (AvgIpc) is 3.06. The first kappa shape index (κ1) is 23.5. The van der Waals surface area contributed by atoms with Crippen molar-refractivity contribution in [1.29, 1.82) is 0 Å². The van der Waals surface area contributed by atoms with E-state index >= 15 is 0 Å². The molecule has 1 saturated heterocycles. The lowest BCUT2D eigenvalue weighted by atomic mass is 9.99. The van der Waals surface area contributed by atoms with E-state index in [2.05, 4.69) is 49.4 Å². The van der Waals surface area contributed by atoms with Crippen LogP contribution in [0, 0.1) is 27.4 Å². The van der Waals surface area contributed by atoms with Gasteiger partial charge >= 0.3 is 8.80 Å². The summed E-state index contributed by atoms with van der Waals surface area (Å²) >= 11 is 0. The minimum absolute atomic E-state index is 0.644. The molecular formula is C22H39N2O3Si. The zero-order valence-electron chi connectivity index (χ0n) is 18.7. The molecule has 0 N–H and O–H groups in total. The first-order valence-corrected chi connectivity index (χ1v) is 12.7. The molecule has 0 spiro atoms. The summed E-state index contributed by atoms with van der Waals surface area (Å²) in [5.74, 6) is 0. The quantitative estimate of drug-likeness (QED) is 0.483. The molecule has 0 aliphatic carbocycles. The van der Waals surface area contributed by atoms with Gasteiger partial charge < -0.3 is 13.3 Å². The van der Waals surface area contributed by atoms with Crippen LogP contribution in [0.2, 0.25) is 6.04 Å². The van der Waals surface area contributed by atoms with Gasteiger partial charge in [0.2, 0.25) is 0 Å². The maximum atomic E-state index is 5.97. The van der Waals surface area contributed by atoms with Crippen LogP contribution < -0.4 is 0 Å². The molecule has 5 nitrogen and oxygen atoms in total. The molecule has 0 unspecified atom stereocenters. The molecule has 28 heavy (non-hydrogen) atoms. The van der Waals surface area contributed by atoms with Gasteiger partial charge in [-0.1, -0.05) is 17.7 Å². The zero-order chi connectivity index (χ0) is 20.6. The van der Waals surface area contributed by atoms with Gasteiger partial charge in [-0.25, -0.2) is 0 Å². The van der Waals surface area contributed by atoms with Crippen LogP contribution in [0.4, 0.5) is 0 Å². The number of aryl methyl sites for hydroxylation is 3. The van der Waals surface area contributed by atoms with Gasteiger partial charge in [0.05, 0.1) is 6.67 Å². The number of hydrogen-bond donors (Lipinski definition) is 0. The minimum Gasteiger partial charge on any atom is -0.374 e. The molecule has 1 fully saturated rings. The van der Waals surface area contributed by atoms with Crippen molar-refractivity contribution in [1.82, 2.24) is 9.80 Å². The molecule has 1 radical (unpaired) electrons. The van der Waals surface area contributed by atoms with Crippen molar-refractivity contribution in [2.24, 2.45) is 0 Å². The van der Waals surface area contributed by atoms with Gasteiger partial charge in [0.1, 0.15) is 0 Å². The van der Waals surface area contributed by atoms with E-state index in [4.69, 9.17) is 13.3 Å². The van der Waals surface area contributed by atoms with Crippen LogP contribution in [0.3, 0.4) is 0 Å². The molecule has 6 heteroatoms. The Bertz CT molecular complexity index is 571. The molecule has 2 rings (SSSR count). The van der Waals surface area contributed by atoms with Gasteiger partial charge in [-0.2, -0.15) is 0 Å². The molecule has 0 amide bonds. The van der Waals surface area contributed by atoms with Crippen molar-refractivity contribution >= 4 is 8.80 Å². The van der Waals surface area contributed by atoms with E-state index in [1.54, 1.807) is 0 Å². The smallest absolute Gasteiger partial charge is 0.374 e. The fourth-order valence-electron chi connectivity index (χ4n) is 4.06. The summed E-state index contributed by atoms with van der Waals surface area (Å²) in [4.78, 5) is 4.85. The molecule has 0 aromatic heterocycles. The van der Waals surface area contributed by atoms with Gasteiger partial charge in [0, 0.05) is 45.5 Å². The fourth-order valence-corrected chi connectivity index (χ4v) is 6.65. The number of nitrogens with zero attached hydrogens (tertiary/aromatic N) is 2. The first-order chi connectivity index (χ1) is 13.4. The summed E-state index contributed by atoms with van der Waals surface area (Å²) in [5, 5.41) is 0. The van der Waals surface area contributed by atoms with Crippen molar-refractivity contribution in [3.05, 3.63) is 41.1 Å². The minimum atomic E-state index is -2.52. The van der Waals surface area contributed by atoms with E-state index in [1.807, 2.05) is 20.8 Å². The highest BCUT2D eigenvalue weighted by atomic mass is 28.4. The number of hydrogen-bond acceptors (Lipinski definition) is 5. The average molecular weight is 408 g/mol. The van der Waals surface area contributed by atoms with Crippen LogP contribution in [0.15, 0.2) is 12.1 Å². The Labute approximate surface area is 173 Å². The summed E-state index contributed by atoms with van der Waals surface area (Å²) in [6, 6.07) is 5.45. The Morgan fingerprint density at radius 1 is 0.857 bits per heavy atom. The normalized spacial score (nSPS) is 16.2. The molecule has 1 heterocycles. The predicted octanol–water partition coefficient (Wildman–Crippen LogP) is 4.29. The van der Waals surface area contributed by atoms with E-state index in [1.165, 1.54) is 22.3 Å². The Kier molecular flexibility index (Phi) is 9.60. The number of rotatable bonds is 12. The standard InChI is InChI=1S/C22H39N2O3Si/c1-7-25-28(26-8-2,27-9-3)14-10-11-23-12-13-24(18-23)17-22-20(5)15-19(4)16-21(22)6/h15-16,18H,7-14,17H2,1-6H3. The lowest BCUT2D eigenvalue weighted by molar-refractivity contribution is 0.0702. The van der Waals surface area contributed by atoms with E-state index in [0.717, 1.165) is 38.6 Å². The summed E-state index contributed by atoms with van der Waals surface area (Å²) in [6.07, 6.45) is 1.03. The molecular weight excluding hydrogens is 368 g/mol. The second-order valence-electron chi connectivity index (χ2n) is 7.58. The van der Waals surface area contributed by atoms with Crippen molar-refractivity contribution in [3.8, 4) is 0 Å². The molecule has 0 saturated carbocycles. The van der Waals surface area contributed by atoms with Gasteiger partial charge in [-0.3, -0.25) is 9.80 Å². The third kappa shape index (κ3) is 6.64. The molecule has 1 aliphatic rings. The molecule has 0 bridgehead atoms. The molecule has 1 aromatic rings. The van der Waals surface area contributed by atoms with Crippen molar-refractivity contribution in [2.75, 3.05) is 39.5 Å². The zero-order valence-corrected chi connectivity index (χ0v) is 19.7. The maximum absolute atomic E-state index is 5.97. The monoisotopic (exact) mass is 407 g/mol. The second-order valence-corrected chi connectivity index (χ2v) is 10.3. The molecule has 0 atom stereocenters. The molecule has 159 valence electrons. The predicted molar refractivity (Wildman–Crippen MR) is 117 cm³/mol. The molecule has 1 aromatic carbocycles. The second kappa shape index (κ2) is 11.4. The van der Waals surface area contributed by atoms with Crippen molar-refractivity contribution in [2.45, 2.75) is 60.6 Å². The van der Waals surface area contributed by atoms with Gasteiger partial charge in [0.15, 0.2) is 0 Å². The highest BCUT2D eigenvalue weighted by molar-refractivity contribution is 6.60. The lowest BCUT2D eigenvalue weighted by Gasteiger charge is -2.29. The largest absolute Gasteiger partial charge is 0.500 e.